The fourth-order valence-corrected chi connectivity index (χ4v) is 4.30. The van der Waals surface area contributed by atoms with Crippen LogP contribution in [0, 0.1) is 0 Å². The molecule has 3 heterocycles. The molecular formula is C26H31N7O2. The lowest BCUT2D eigenvalue weighted by atomic mass is 10.1. The summed E-state index contributed by atoms with van der Waals surface area (Å²) < 4.78 is 11.6. The number of hydrogen-bond donors (Lipinski definition) is 3. The summed E-state index contributed by atoms with van der Waals surface area (Å²) >= 11 is 0. The molecule has 1 saturated heterocycles. The molecule has 1 aliphatic heterocycles. The maximum absolute atomic E-state index is 6.01. The summed E-state index contributed by atoms with van der Waals surface area (Å²) in [6.45, 7) is 4.17. The van der Waals surface area contributed by atoms with Crippen molar-refractivity contribution in [3.8, 4) is 11.5 Å². The van der Waals surface area contributed by atoms with E-state index in [2.05, 4.69) is 35.7 Å². The number of hydrogen-bond acceptors (Lipinski definition) is 8. The zero-order valence-corrected chi connectivity index (χ0v) is 20.0. The third-order valence-corrected chi connectivity index (χ3v) is 6.11. The third-order valence-electron chi connectivity index (χ3n) is 6.11. The summed E-state index contributed by atoms with van der Waals surface area (Å²) in [5, 5.41) is 14.7. The third kappa shape index (κ3) is 5.99. The van der Waals surface area contributed by atoms with E-state index in [1.165, 1.54) is 32.4 Å². The van der Waals surface area contributed by atoms with Crippen LogP contribution in [0.5, 0.6) is 11.5 Å². The van der Waals surface area contributed by atoms with Gasteiger partial charge in [-0.05, 0) is 68.8 Å². The van der Waals surface area contributed by atoms with Crippen LogP contribution in [0.3, 0.4) is 0 Å². The van der Waals surface area contributed by atoms with E-state index in [9.17, 15) is 0 Å². The molecule has 5 rings (SSSR count). The minimum Gasteiger partial charge on any atom is -0.493 e. The van der Waals surface area contributed by atoms with Crippen molar-refractivity contribution in [3.63, 3.8) is 0 Å². The molecule has 0 bridgehead atoms. The Morgan fingerprint density at radius 3 is 2.71 bits per heavy atom. The Labute approximate surface area is 204 Å². The molecule has 0 aliphatic carbocycles. The number of benzene rings is 2. The van der Waals surface area contributed by atoms with E-state index in [-0.39, 0.29) is 0 Å². The first-order valence-electron chi connectivity index (χ1n) is 12.1. The van der Waals surface area contributed by atoms with Crippen LogP contribution in [0.2, 0.25) is 0 Å². The molecule has 4 aromatic rings. The number of likely N-dealkylation sites (tertiary alicyclic amines) is 1. The number of nitrogens with zero attached hydrogens (tertiary/aromatic N) is 4. The summed E-state index contributed by atoms with van der Waals surface area (Å²) in [6, 6.07) is 13.6. The molecule has 0 saturated carbocycles. The molecule has 2 aromatic carbocycles. The summed E-state index contributed by atoms with van der Waals surface area (Å²) in [4.78, 5) is 11.4. The molecule has 182 valence electrons. The highest BCUT2D eigenvalue weighted by atomic mass is 16.5. The van der Waals surface area contributed by atoms with Gasteiger partial charge in [0.2, 0.25) is 5.95 Å². The van der Waals surface area contributed by atoms with Gasteiger partial charge in [-0.25, -0.2) is 4.98 Å². The highest BCUT2D eigenvalue weighted by Crippen LogP contribution is 2.31. The smallest absolute Gasteiger partial charge is 0.229 e. The minimum atomic E-state index is 0.481. The van der Waals surface area contributed by atoms with E-state index in [4.69, 9.17) is 9.47 Å². The van der Waals surface area contributed by atoms with Gasteiger partial charge in [-0.15, -0.1) is 0 Å². The lowest BCUT2D eigenvalue weighted by molar-refractivity contribution is 0.203. The lowest BCUT2D eigenvalue weighted by Crippen LogP contribution is -2.31. The van der Waals surface area contributed by atoms with Gasteiger partial charge in [0.1, 0.15) is 5.82 Å². The van der Waals surface area contributed by atoms with Crippen molar-refractivity contribution < 1.29 is 9.47 Å². The molecule has 0 amide bonds. The van der Waals surface area contributed by atoms with Crippen molar-refractivity contribution in [3.05, 3.63) is 54.9 Å². The van der Waals surface area contributed by atoms with Crippen molar-refractivity contribution in [2.24, 2.45) is 0 Å². The number of aromatic nitrogens is 4. The van der Waals surface area contributed by atoms with E-state index < -0.39 is 0 Å². The first kappa shape index (κ1) is 22.9. The van der Waals surface area contributed by atoms with Crippen LogP contribution in [0.25, 0.3) is 10.9 Å². The molecule has 0 radical (unpaired) electrons. The van der Waals surface area contributed by atoms with Gasteiger partial charge in [0, 0.05) is 35.6 Å². The number of rotatable bonds is 10. The zero-order chi connectivity index (χ0) is 23.9. The number of H-pyrrole nitrogens is 1. The minimum absolute atomic E-state index is 0.481. The van der Waals surface area contributed by atoms with Crippen molar-refractivity contribution in [1.82, 2.24) is 25.1 Å². The lowest BCUT2D eigenvalue weighted by Gasteiger charge is -2.26. The molecule has 2 aromatic heterocycles. The maximum atomic E-state index is 6.01. The van der Waals surface area contributed by atoms with E-state index >= 15 is 0 Å². The van der Waals surface area contributed by atoms with Crippen LogP contribution in [0.1, 0.15) is 25.7 Å². The fourth-order valence-electron chi connectivity index (χ4n) is 4.30. The molecule has 35 heavy (non-hydrogen) atoms. The van der Waals surface area contributed by atoms with E-state index in [1.807, 2.05) is 42.5 Å². The molecule has 0 atom stereocenters. The zero-order valence-electron chi connectivity index (χ0n) is 20.0. The number of ether oxygens (including phenoxy) is 2. The van der Waals surface area contributed by atoms with Crippen LogP contribution in [0.15, 0.2) is 54.9 Å². The monoisotopic (exact) mass is 473 g/mol. The Bertz CT molecular complexity index is 1250. The molecule has 0 spiro atoms. The van der Waals surface area contributed by atoms with Gasteiger partial charge in [-0.1, -0.05) is 6.42 Å². The number of fused-ring (bicyclic) bond motifs is 1. The standard InChI is InChI=1S/C26H31N7O2/c1-34-24-17-21(8-9-23(24)35-15-5-14-33-12-3-2-4-13-33)30-26-27-11-10-25(31-26)29-20-7-6-19-18-28-32-22(19)16-20/h6-11,16-18H,2-5,12-15H2,1H3,(H,28,32)(H2,27,29,30,31). The molecular weight excluding hydrogens is 442 g/mol. The van der Waals surface area contributed by atoms with Crippen LogP contribution >= 0.6 is 0 Å². The van der Waals surface area contributed by atoms with Crippen LogP contribution in [-0.2, 0) is 0 Å². The Morgan fingerprint density at radius 2 is 1.83 bits per heavy atom. The number of piperidine rings is 1. The second kappa shape index (κ2) is 11.1. The van der Waals surface area contributed by atoms with Crippen molar-refractivity contribution >= 4 is 34.0 Å². The predicted molar refractivity (Wildman–Crippen MR) is 138 cm³/mol. The Hall–Kier alpha value is -3.85. The van der Waals surface area contributed by atoms with E-state index in [0.717, 1.165) is 41.0 Å². The average molecular weight is 474 g/mol. The first-order chi connectivity index (χ1) is 17.3. The van der Waals surface area contributed by atoms with Crippen LogP contribution < -0.4 is 20.1 Å². The number of aromatic amines is 1. The molecule has 9 heteroatoms. The van der Waals surface area contributed by atoms with Gasteiger partial charge in [0.15, 0.2) is 11.5 Å². The fraction of sp³-hybridized carbons (Fsp3) is 0.346. The normalized spacial score (nSPS) is 14.1. The first-order valence-corrected chi connectivity index (χ1v) is 12.1. The summed E-state index contributed by atoms with van der Waals surface area (Å²) in [6.07, 6.45) is 8.50. The Morgan fingerprint density at radius 1 is 0.971 bits per heavy atom. The maximum Gasteiger partial charge on any atom is 0.229 e. The van der Waals surface area contributed by atoms with Gasteiger partial charge in [0.05, 0.1) is 25.4 Å². The summed E-state index contributed by atoms with van der Waals surface area (Å²) in [7, 11) is 1.65. The average Bonchev–Trinajstić information content (AvgIpc) is 3.36. The van der Waals surface area contributed by atoms with Gasteiger partial charge < -0.3 is 25.0 Å². The number of nitrogens with one attached hydrogen (secondary N) is 3. The van der Waals surface area contributed by atoms with Gasteiger partial charge >= 0.3 is 0 Å². The number of methoxy groups -OCH3 is 1. The van der Waals surface area contributed by atoms with Crippen LogP contribution in [0.4, 0.5) is 23.1 Å². The van der Waals surface area contributed by atoms with E-state index in [1.54, 1.807) is 19.5 Å². The largest absolute Gasteiger partial charge is 0.493 e. The molecule has 1 fully saturated rings. The molecule has 9 nitrogen and oxygen atoms in total. The Kier molecular flexibility index (Phi) is 7.24. The van der Waals surface area contributed by atoms with Gasteiger partial charge in [-0.2, -0.15) is 10.1 Å². The van der Waals surface area contributed by atoms with Crippen molar-refractivity contribution in [2.45, 2.75) is 25.7 Å². The SMILES string of the molecule is COc1cc(Nc2nccc(Nc3ccc4cn[nH]c4c3)n2)ccc1OCCCN1CCCCC1. The molecule has 0 unspecified atom stereocenters. The second-order valence-electron chi connectivity index (χ2n) is 8.66. The van der Waals surface area contributed by atoms with E-state index in [0.29, 0.717) is 24.1 Å². The molecule has 3 N–H and O–H groups in total. The summed E-state index contributed by atoms with van der Waals surface area (Å²) in [5.74, 6) is 2.58. The van der Waals surface area contributed by atoms with Crippen molar-refractivity contribution in [2.75, 3.05) is 44.0 Å². The summed E-state index contributed by atoms with van der Waals surface area (Å²) in [5.41, 5.74) is 2.69. The quantitative estimate of drug-likeness (QED) is 0.274. The number of anilines is 4. The topological polar surface area (TPSA) is 100 Å². The highest BCUT2D eigenvalue weighted by molar-refractivity contribution is 5.82. The van der Waals surface area contributed by atoms with Crippen molar-refractivity contribution in [1.29, 1.82) is 0 Å². The highest BCUT2D eigenvalue weighted by Gasteiger charge is 2.11. The Balaban J connectivity index is 1.18. The van der Waals surface area contributed by atoms with Crippen LogP contribution in [-0.4, -0.2) is 58.4 Å². The molecule has 1 aliphatic rings. The second-order valence-corrected chi connectivity index (χ2v) is 8.66. The van der Waals surface area contributed by atoms with Gasteiger partial charge in [0.25, 0.3) is 0 Å². The predicted octanol–water partition coefficient (Wildman–Crippen LogP) is 5.10. The van der Waals surface area contributed by atoms with Gasteiger partial charge in [-0.3, -0.25) is 5.10 Å².